The minimum atomic E-state index is -2.13. The van der Waals surface area contributed by atoms with Gasteiger partial charge in [-0.1, -0.05) is 70.1 Å². The highest BCUT2D eigenvalue weighted by molar-refractivity contribution is 6.66. The monoisotopic (exact) mass is 666 g/mol. The fraction of sp³-hybridized carbons (Fsp3) is 0.308. The smallest absolute Gasteiger partial charge is 0.273 e. The summed E-state index contributed by atoms with van der Waals surface area (Å²) in [5, 5.41) is 1.15. The van der Waals surface area contributed by atoms with Crippen molar-refractivity contribution in [2.75, 3.05) is 6.54 Å². The molecular weight excluding hydrogens is 652 g/mol. The first-order valence-corrected chi connectivity index (χ1v) is 14.1. The molecule has 1 aliphatic heterocycles. The highest BCUT2D eigenvalue weighted by Gasteiger charge is 2.88. The maximum absolute atomic E-state index is 13.9. The van der Waals surface area contributed by atoms with Crippen LogP contribution in [-0.2, 0) is 9.59 Å². The lowest BCUT2D eigenvalue weighted by molar-refractivity contribution is -0.154. The number of allylic oxidation sites excluding steroid dienone is 2. The lowest BCUT2D eigenvalue weighted by Crippen LogP contribution is -2.56. The minimum absolute atomic E-state index is 0.0623. The van der Waals surface area contributed by atoms with Crippen molar-refractivity contribution in [2.45, 2.75) is 27.9 Å². The lowest BCUT2D eigenvalue weighted by atomic mass is 9.84. The Kier molecular flexibility index (Phi) is 7.08. The van der Waals surface area contributed by atoms with Gasteiger partial charge in [-0.25, -0.2) is 5.01 Å². The molecule has 0 aromatic heterocycles. The molecule has 1 saturated carbocycles. The van der Waals surface area contributed by atoms with E-state index in [-0.39, 0.29) is 21.2 Å². The molecule has 1 saturated heterocycles. The van der Waals surface area contributed by atoms with Crippen molar-refractivity contribution in [3.05, 3.63) is 79.8 Å². The van der Waals surface area contributed by atoms with Crippen molar-refractivity contribution < 1.29 is 19.2 Å². The second kappa shape index (κ2) is 9.52. The number of imide groups is 1. The first-order valence-electron chi connectivity index (χ1n) is 11.5. The summed E-state index contributed by atoms with van der Waals surface area (Å²) >= 11 is 45.4. The van der Waals surface area contributed by atoms with E-state index < -0.39 is 56.0 Å². The molecule has 4 atom stereocenters. The van der Waals surface area contributed by atoms with Gasteiger partial charge in [0.1, 0.15) is 16.3 Å². The minimum Gasteiger partial charge on any atom is -0.292 e. The average Bonchev–Trinajstić information content (AvgIpc) is 3.27. The average molecular weight is 670 g/mol. The number of rotatable bonds is 5. The van der Waals surface area contributed by atoms with Gasteiger partial charge in [-0.3, -0.25) is 19.2 Å². The summed E-state index contributed by atoms with van der Waals surface area (Å²) < 4.78 is -2.13. The number of fused-ring (bicyclic) bond motifs is 5. The second-order valence-corrected chi connectivity index (χ2v) is 13.4. The maximum Gasteiger partial charge on any atom is 0.273 e. The summed E-state index contributed by atoms with van der Waals surface area (Å²) in [4.78, 5) is 50.8. The molecule has 0 unspecified atom stereocenters. The number of ketones is 1. The number of carbonyl (C=O) groups excluding carboxylic acids is 4. The fourth-order valence-electron chi connectivity index (χ4n) is 5.34. The number of alkyl halides is 4. The Hall–Kier alpha value is -1.51. The van der Waals surface area contributed by atoms with Crippen molar-refractivity contribution in [1.82, 2.24) is 10.0 Å². The Morgan fingerprint density at radius 2 is 1.28 bits per heavy atom. The van der Waals surface area contributed by atoms with E-state index in [9.17, 15) is 19.2 Å². The van der Waals surface area contributed by atoms with E-state index in [0.717, 1.165) is 16.1 Å². The first kappa shape index (κ1) is 29.0. The van der Waals surface area contributed by atoms with Crippen molar-refractivity contribution >= 4 is 105 Å². The van der Waals surface area contributed by atoms with Crippen molar-refractivity contribution in [1.29, 1.82) is 0 Å². The van der Waals surface area contributed by atoms with Crippen LogP contribution in [0.3, 0.4) is 0 Å². The van der Waals surface area contributed by atoms with Gasteiger partial charge in [-0.15, -0.1) is 23.2 Å². The summed E-state index contributed by atoms with van der Waals surface area (Å²) in [5.41, 5.74) is 2.15. The molecule has 3 amide bonds. The molecule has 3 aliphatic rings. The molecule has 2 aromatic carbocycles. The van der Waals surface area contributed by atoms with Gasteiger partial charge in [0.2, 0.25) is 0 Å². The number of nitrogens with zero attached hydrogens (tertiary/aromatic N) is 2. The zero-order valence-corrected chi connectivity index (χ0v) is 25.4. The number of hydrazine groups is 1. The fourth-order valence-corrected chi connectivity index (χ4v) is 8.39. The lowest BCUT2D eigenvalue weighted by Gasteiger charge is -2.36. The molecule has 2 bridgehead atoms. The summed E-state index contributed by atoms with van der Waals surface area (Å²) in [7, 11) is 0. The van der Waals surface area contributed by atoms with Gasteiger partial charge in [-0.05, 0) is 55.3 Å². The first-order chi connectivity index (χ1) is 18.1. The normalized spacial score (nSPS) is 28.8. The molecule has 6 nitrogen and oxygen atoms in total. The maximum atomic E-state index is 13.9. The van der Waals surface area contributed by atoms with Crippen LogP contribution in [0.4, 0.5) is 0 Å². The third-order valence-electron chi connectivity index (χ3n) is 7.57. The Morgan fingerprint density at radius 1 is 0.795 bits per heavy atom. The number of hydrogen-bond acceptors (Lipinski definition) is 4. The van der Waals surface area contributed by atoms with Gasteiger partial charge in [0.25, 0.3) is 17.7 Å². The Morgan fingerprint density at radius 3 is 1.77 bits per heavy atom. The largest absolute Gasteiger partial charge is 0.292 e. The van der Waals surface area contributed by atoms with Crippen LogP contribution >= 0.6 is 81.2 Å². The molecule has 13 heteroatoms. The van der Waals surface area contributed by atoms with Gasteiger partial charge in [0, 0.05) is 16.1 Å². The molecule has 39 heavy (non-hydrogen) atoms. The van der Waals surface area contributed by atoms with Crippen LogP contribution in [0.2, 0.25) is 5.02 Å². The number of halogens is 7. The van der Waals surface area contributed by atoms with Crippen LogP contribution in [0.25, 0.3) is 0 Å². The number of amides is 3. The van der Waals surface area contributed by atoms with E-state index in [1.165, 1.54) is 24.3 Å². The van der Waals surface area contributed by atoms with Crippen molar-refractivity contribution in [2.24, 2.45) is 11.8 Å². The van der Waals surface area contributed by atoms with E-state index in [2.05, 4.69) is 0 Å². The third kappa shape index (κ3) is 3.76. The zero-order chi connectivity index (χ0) is 28.8. The Bertz CT molecular complexity index is 1460. The van der Waals surface area contributed by atoms with Crippen LogP contribution in [-0.4, -0.2) is 54.1 Å². The van der Waals surface area contributed by atoms with Crippen LogP contribution < -0.4 is 0 Å². The third-order valence-corrected chi connectivity index (χ3v) is 12.1. The number of benzene rings is 2. The SMILES string of the molecule is Cc1ccc(C(=O)CN(C(=O)c2ccc(Cl)cc2)N2C(=O)[C@@H]3[C@@H](C2=O)[C@@]2(Cl)C(Cl)=C(Cl)[C@@]3(Cl)C2(Cl)Cl)cc1C. The highest BCUT2D eigenvalue weighted by Crippen LogP contribution is 2.77. The van der Waals surface area contributed by atoms with Crippen LogP contribution in [0.5, 0.6) is 0 Å². The number of aryl methyl sites for hydroxylation is 2. The molecule has 0 radical (unpaired) electrons. The molecule has 204 valence electrons. The van der Waals surface area contributed by atoms with E-state index in [0.29, 0.717) is 10.0 Å². The van der Waals surface area contributed by atoms with E-state index in [1.54, 1.807) is 18.2 Å². The molecule has 5 rings (SSSR count). The van der Waals surface area contributed by atoms with Crippen LogP contribution in [0.1, 0.15) is 31.8 Å². The number of hydrogen-bond donors (Lipinski definition) is 0. The standard InChI is InChI=1S/C26H17Cl7N2O4/c1-11-3-4-14(9-12(11)2)16(36)10-34(21(37)13-5-7-15(27)8-6-13)35-22(38)17-18(23(35)39)25(31)20(29)19(28)24(17,30)26(25,32)33/h3-9,17-18H,10H2,1-2H3/t17-,18-,24+,25+/m0/s1. The molecular formula is C26H17Cl7N2O4. The molecule has 2 fully saturated rings. The Balaban J connectivity index is 1.60. The summed E-state index contributed by atoms with van der Waals surface area (Å²) in [6.45, 7) is 3.06. The number of Topliss-reactive ketones (excluding diaryl/α,β-unsaturated/α-hetero) is 1. The van der Waals surface area contributed by atoms with Crippen LogP contribution in [0, 0.1) is 25.7 Å². The van der Waals surface area contributed by atoms with E-state index in [1.807, 2.05) is 13.8 Å². The summed E-state index contributed by atoms with van der Waals surface area (Å²) in [5.74, 6) is -6.19. The summed E-state index contributed by atoms with van der Waals surface area (Å²) in [6.07, 6.45) is 0. The van der Waals surface area contributed by atoms with E-state index >= 15 is 0 Å². The summed E-state index contributed by atoms with van der Waals surface area (Å²) in [6, 6.07) is 10.7. The van der Waals surface area contributed by atoms with Gasteiger partial charge in [-0.2, -0.15) is 5.01 Å². The quantitative estimate of drug-likeness (QED) is 0.203. The van der Waals surface area contributed by atoms with Gasteiger partial charge in [0.05, 0.1) is 21.9 Å². The van der Waals surface area contributed by atoms with E-state index in [4.69, 9.17) is 81.2 Å². The second-order valence-electron chi connectivity index (χ2n) is 9.66. The topological polar surface area (TPSA) is 74.8 Å². The zero-order valence-electron chi connectivity index (χ0n) is 20.1. The number of carbonyl (C=O) groups is 4. The van der Waals surface area contributed by atoms with Crippen molar-refractivity contribution in [3.63, 3.8) is 0 Å². The van der Waals surface area contributed by atoms with Crippen molar-refractivity contribution in [3.8, 4) is 0 Å². The van der Waals surface area contributed by atoms with Crippen LogP contribution in [0.15, 0.2) is 52.5 Å². The van der Waals surface area contributed by atoms with Gasteiger partial charge >= 0.3 is 0 Å². The highest BCUT2D eigenvalue weighted by atomic mass is 35.5. The molecule has 0 N–H and O–H groups in total. The molecule has 1 heterocycles. The molecule has 2 aliphatic carbocycles. The predicted molar refractivity (Wildman–Crippen MR) is 152 cm³/mol. The van der Waals surface area contributed by atoms with Gasteiger partial charge in [0.15, 0.2) is 10.1 Å². The predicted octanol–water partition coefficient (Wildman–Crippen LogP) is 6.64. The molecule has 0 spiro atoms. The molecule has 2 aromatic rings. The van der Waals surface area contributed by atoms with Gasteiger partial charge < -0.3 is 0 Å². The Labute approximate surface area is 258 Å².